The standard InChI is InChI=1S/C19H24N2O4/c22-17-15(3-1-8-20-17)18(23)21-9-2-7-19(13-25-12-6-16(19)21)14-4-10-24-11-5-14/h1,3-4,8,16H,2,5-7,9-13H2,(H,20,22)/t16-,19-/m0/s1. The van der Waals surface area contributed by atoms with Crippen molar-refractivity contribution in [1.82, 2.24) is 9.88 Å². The topological polar surface area (TPSA) is 71.6 Å². The molecule has 0 saturated carbocycles. The van der Waals surface area contributed by atoms with Crippen LogP contribution in [0.1, 0.15) is 36.0 Å². The van der Waals surface area contributed by atoms with E-state index in [4.69, 9.17) is 9.47 Å². The molecule has 6 nitrogen and oxygen atoms in total. The van der Waals surface area contributed by atoms with Crippen LogP contribution in [0.5, 0.6) is 0 Å². The van der Waals surface area contributed by atoms with Gasteiger partial charge in [0, 0.05) is 30.8 Å². The monoisotopic (exact) mass is 344 g/mol. The van der Waals surface area contributed by atoms with Gasteiger partial charge >= 0.3 is 0 Å². The molecule has 3 aliphatic heterocycles. The number of nitrogens with zero attached hydrogens (tertiary/aromatic N) is 1. The van der Waals surface area contributed by atoms with Crippen molar-refractivity contribution in [3.8, 4) is 0 Å². The van der Waals surface area contributed by atoms with E-state index in [0.29, 0.717) is 26.4 Å². The predicted molar refractivity (Wildman–Crippen MR) is 92.5 cm³/mol. The summed E-state index contributed by atoms with van der Waals surface area (Å²) in [6.07, 6.45) is 7.39. The molecule has 25 heavy (non-hydrogen) atoms. The van der Waals surface area contributed by atoms with Crippen molar-refractivity contribution >= 4 is 5.91 Å². The minimum absolute atomic E-state index is 0.0893. The number of H-pyrrole nitrogens is 1. The molecule has 6 heteroatoms. The number of pyridine rings is 1. The van der Waals surface area contributed by atoms with Gasteiger partial charge in [0.05, 0.1) is 19.8 Å². The van der Waals surface area contributed by atoms with Crippen LogP contribution in [0.25, 0.3) is 0 Å². The van der Waals surface area contributed by atoms with Gasteiger partial charge in [-0.15, -0.1) is 0 Å². The fourth-order valence-electron chi connectivity index (χ4n) is 4.67. The minimum Gasteiger partial charge on any atom is -0.380 e. The number of likely N-dealkylation sites (tertiary alicyclic amines) is 1. The van der Waals surface area contributed by atoms with Crippen LogP contribution in [0, 0.1) is 5.41 Å². The number of fused-ring (bicyclic) bond motifs is 1. The minimum atomic E-state index is -0.319. The fraction of sp³-hybridized carbons (Fsp3) is 0.579. The quantitative estimate of drug-likeness (QED) is 0.830. The first-order chi connectivity index (χ1) is 12.2. The Kier molecular flexibility index (Phi) is 4.48. The lowest BCUT2D eigenvalue weighted by atomic mass is 9.65. The first-order valence-corrected chi connectivity index (χ1v) is 9.06. The van der Waals surface area contributed by atoms with Gasteiger partial charge in [-0.3, -0.25) is 9.59 Å². The molecule has 2 saturated heterocycles. The number of nitrogens with one attached hydrogen (secondary N) is 1. The van der Waals surface area contributed by atoms with Crippen LogP contribution in [0.3, 0.4) is 0 Å². The van der Waals surface area contributed by atoms with Crippen molar-refractivity contribution in [2.75, 3.05) is 33.0 Å². The van der Waals surface area contributed by atoms with Gasteiger partial charge in [0.2, 0.25) is 0 Å². The molecule has 1 N–H and O–H groups in total. The smallest absolute Gasteiger partial charge is 0.260 e. The highest BCUT2D eigenvalue weighted by molar-refractivity contribution is 5.94. The number of aromatic nitrogens is 1. The Morgan fingerprint density at radius 1 is 1.32 bits per heavy atom. The van der Waals surface area contributed by atoms with Crippen LogP contribution >= 0.6 is 0 Å². The molecule has 4 heterocycles. The maximum absolute atomic E-state index is 13.1. The van der Waals surface area contributed by atoms with E-state index in [1.807, 2.05) is 4.90 Å². The molecule has 0 unspecified atom stereocenters. The average molecular weight is 344 g/mol. The summed E-state index contributed by atoms with van der Waals surface area (Å²) >= 11 is 0. The molecule has 134 valence electrons. The van der Waals surface area contributed by atoms with Gasteiger partial charge in [0.1, 0.15) is 5.56 Å². The van der Waals surface area contributed by atoms with Gasteiger partial charge in [-0.05, 0) is 37.8 Å². The zero-order chi connectivity index (χ0) is 17.3. The van der Waals surface area contributed by atoms with Gasteiger partial charge in [-0.1, -0.05) is 11.6 Å². The Bertz CT molecular complexity index is 737. The highest BCUT2D eigenvalue weighted by atomic mass is 16.5. The van der Waals surface area contributed by atoms with Crippen molar-refractivity contribution in [1.29, 1.82) is 0 Å². The second kappa shape index (κ2) is 6.77. The Labute approximate surface area is 146 Å². The van der Waals surface area contributed by atoms with Crippen molar-refractivity contribution in [2.45, 2.75) is 31.7 Å². The number of amides is 1. The zero-order valence-electron chi connectivity index (χ0n) is 14.3. The molecule has 0 aromatic carbocycles. The number of carbonyl (C=O) groups excluding carboxylic acids is 1. The summed E-state index contributed by atoms with van der Waals surface area (Å²) in [6.45, 7) is 3.37. The number of ether oxygens (including phenoxy) is 2. The summed E-state index contributed by atoms with van der Waals surface area (Å²) in [5, 5.41) is 0. The molecule has 2 fully saturated rings. The molecule has 0 radical (unpaired) electrons. The molecule has 4 rings (SSSR count). The summed E-state index contributed by atoms with van der Waals surface area (Å²) in [4.78, 5) is 29.7. The van der Waals surface area contributed by atoms with Crippen LogP contribution in [0.15, 0.2) is 34.8 Å². The molecule has 1 aromatic rings. The lowest BCUT2D eigenvalue weighted by Crippen LogP contribution is -2.60. The maximum atomic E-state index is 13.1. The zero-order valence-corrected chi connectivity index (χ0v) is 14.3. The van der Waals surface area contributed by atoms with E-state index in [1.165, 1.54) is 5.57 Å². The lowest BCUT2D eigenvalue weighted by molar-refractivity contribution is -0.0739. The highest BCUT2D eigenvalue weighted by Crippen LogP contribution is 2.48. The summed E-state index contributed by atoms with van der Waals surface area (Å²) < 4.78 is 11.3. The van der Waals surface area contributed by atoms with Crippen LogP contribution in [-0.4, -0.2) is 54.8 Å². The van der Waals surface area contributed by atoms with Crippen LogP contribution in [0.4, 0.5) is 0 Å². The van der Waals surface area contributed by atoms with E-state index < -0.39 is 0 Å². The summed E-state index contributed by atoms with van der Waals surface area (Å²) in [6, 6.07) is 3.41. The average Bonchev–Trinajstić information content (AvgIpc) is 2.68. The predicted octanol–water partition coefficient (Wildman–Crippen LogP) is 1.73. The maximum Gasteiger partial charge on any atom is 0.260 e. The third-order valence-corrected chi connectivity index (χ3v) is 5.84. The van der Waals surface area contributed by atoms with E-state index >= 15 is 0 Å². The van der Waals surface area contributed by atoms with Gasteiger partial charge in [0.15, 0.2) is 0 Å². The SMILES string of the molecule is O=C(c1ccc[nH]c1=O)N1CCC[C@@]2(C3=CCOCC3)COCC[C@H]12. The molecule has 1 amide bonds. The summed E-state index contributed by atoms with van der Waals surface area (Å²) in [7, 11) is 0. The Morgan fingerprint density at radius 3 is 3.04 bits per heavy atom. The third kappa shape index (κ3) is 2.83. The molecular weight excluding hydrogens is 320 g/mol. The van der Waals surface area contributed by atoms with E-state index in [9.17, 15) is 9.59 Å². The number of piperidine rings is 1. The van der Waals surface area contributed by atoms with Gasteiger partial charge in [0.25, 0.3) is 11.5 Å². The molecular formula is C19H24N2O4. The molecule has 3 aliphatic rings. The van der Waals surface area contributed by atoms with Crippen LogP contribution in [-0.2, 0) is 9.47 Å². The van der Waals surface area contributed by atoms with Crippen molar-refractivity contribution in [3.05, 3.63) is 45.9 Å². The van der Waals surface area contributed by atoms with Crippen LogP contribution < -0.4 is 5.56 Å². The summed E-state index contributed by atoms with van der Waals surface area (Å²) in [5.74, 6) is -0.162. The normalized spacial score (nSPS) is 29.7. The second-order valence-corrected chi connectivity index (χ2v) is 7.08. The first kappa shape index (κ1) is 16.5. The number of aromatic amines is 1. The Balaban J connectivity index is 1.70. The van der Waals surface area contributed by atoms with E-state index in [-0.39, 0.29) is 28.5 Å². The molecule has 0 spiro atoms. The van der Waals surface area contributed by atoms with E-state index in [0.717, 1.165) is 32.3 Å². The van der Waals surface area contributed by atoms with Gasteiger partial charge < -0.3 is 19.4 Å². The van der Waals surface area contributed by atoms with E-state index in [1.54, 1.807) is 18.3 Å². The highest BCUT2D eigenvalue weighted by Gasteiger charge is 2.50. The van der Waals surface area contributed by atoms with Gasteiger partial charge in [-0.2, -0.15) is 0 Å². The number of hydrogen-bond acceptors (Lipinski definition) is 4. The number of carbonyl (C=O) groups is 1. The Morgan fingerprint density at radius 2 is 2.24 bits per heavy atom. The van der Waals surface area contributed by atoms with Crippen molar-refractivity contribution in [2.24, 2.45) is 5.41 Å². The molecule has 0 aliphatic carbocycles. The number of rotatable bonds is 2. The second-order valence-electron chi connectivity index (χ2n) is 7.08. The summed E-state index contributed by atoms with van der Waals surface area (Å²) in [5.41, 5.74) is 1.15. The molecule has 2 atom stereocenters. The third-order valence-electron chi connectivity index (χ3n) is 5.84. The van der Waals surface area contributed by atoms with Crippen molar-refractivity contribution in [3.63, 3.8) is 0 Å². The van der Waals surface area contributed by atoms with Gasteiger partial charge in [-0.25, -0.2) is 0 Å². The number of hydrogen-bond donors (Lipinski definition) is 1. The first-order valence-electron chi connectivity index (χ1n) is 9.06. The fourth-order valence-corrected chi connectivity index (χ4v) is 4.67. The van der Waals surface area contributed by atoms with Crippen LogP contribution in [0.2, 0.25) is 0 Å². The molecule has 1 aromatic heterocycles. The molecule has 0 bridgehead atoms. The lowest BCUT2D eigenvalue weighted by Gasteiger charge is -2.54. The Hall–Kier alpha value is -1.92. The van der Waals surface area contributed by atoms with E-state index in [2.05, 4.69) is 11.1 Å². The largest absolute Gasteiger partial charge is 0.380 e. The van der Waals surface area contributed by atoms with Crippen molar-refractivity contribution < 1.29 is 14.3 Å².